The summed E-state index contributed by atoms with van der Waals surface area (Å²) in [5.41, 5.74) is 12.3. The van der Waals surface area contributed by atoms with Gasteiger partial charge in [0, 0.05) is 11.3 Å². The number of carbonyl (C=O) groups excluding carboxylic acids is 1. The van der Waals surface area contributed by atoms with E-state index in [1.807, 2.05) is 13.0 Å². The molecule has 0 spiro atoms. The zero-order valence-corrected chi connectivity index (χ0v) is 12.1. The molecule has 2 rings (SSSR count). The molecule has 0 aliphatic heterocycles. The van der Waals surface area contributed by atoms with E-state index in [4.69, 9.17) is 11.5 Å². The second kappa shape index (κ2) is 5.45. The Hall–Kier alpha value is -2.54. The number of benzene rings is 2. The quantitative estimate of drug-likeness (QED) is 0.742. The molecule has 0 atom stereocenters. The Bertz CT molecular complexity index is 801. The van der Waals surface area contributed by atoms with E-state index in [-0.39, 0.29) is 16.1 Å². The number of aryl methyl sites for hydroxylation is 1. The molecular weight excluding hydrogens is 290 g/mol. The molecular formula is C14H15N3O3S. The van der Waals surface area contributed by atoms with Crippen LogP contribution in [0.1, 0.15) is 15.9 Å². The van der Waals surface area contributed by atoms with Gasteiger partial charge in [0.05, 0.1) is 5.69 Å². The van der Waals surface area contributed by atoms with Gasteiger partial charge in [-0.05, 0) is 42.8 Å². The Morgan fingerprint density at radius 1 is 1.14 bits per heavy atom. The van der Waals surface area contributed by atoms with Crippen molar-refractivity contribution in [1.82, 2.24) is 0 Å². The highest BCUT2D eigenvalue weighted by Gasteiger charge is 2.18. The highest BCUT2D eigenvalue weighted by atomic mass is 32.2. The Balaban J connectivity index is 2.38. The van der Waals surface area contributed by atoms with E-state index in [0.717, 1.165) is 5.56 Å². The van der Waals surface area contributed by atoms with Crippen molar-refractivity contribution in [3.8, 4) is 0 Å². The molecule has 0 aromatic heterocycles. The van der Waals surface area contributed by atoms with Crippen molar-refractivity contribution in [3.63, 3.8) is 0 Å². The molecule has 0 saturated heterocycles. The Kier molecular flexibility index (Phi) is 3.86. The monoisotopic (exact) mass is 305 g/mol. The number of primary amides is 1. The van der Waals surface area contributed by atoms with Crippen molar-refractivity contribution in [2.24, 2.45) is 5.73 Å². The van der Waals surface area contributed by atoms with E-state index in [0.29, 0.717) is 5.69 Å². The smallest absolute Gasteiger partial charge is 0.263 e. The third-order valence-corrected chi connectivity index (χ3v) is 4.31. The van der Waals surface area contributed by atoms with Crippen LogP contribution in [0.3, 0.4) is 0 Å². The SMILES string of the molecule is Cc1cccc(NS(=O)(=O)c2ccc(C(N)=O)cc2N)c1. The number of nitrogens with two attached hydrogens (primary N) is 2. The first kappa shape index (κ1) is 14.9. The number of sulfonamides is 1. The molecule has 0 unspecified atom stereocenters. The van der Waals surface area contributed by atoms with Gasteiger partial charge >= 0.3 is 0 Å². The summed E-state index contributed by atoms with van der Waals surface area (Å²) in [5, 5.41) is 0. The first-order valence-corrected chi connectivity index (χ1v) is 7.57. The average molecular weight is 305 g/mol. The summed E-state index contributed by atoms with van der Waals surface area (Å²) in [7, 11) is -3.83. The maximum atomic E-state index is 12.3. The highest BCUT2D eigenvalue weighted by Crippen LogP contribution is 2.23. The Morgan fingerprint density at radius 2 is 1.86 bits per heavy atom. The molecule has 110 valence electrons. The molecule has 2 aromatic carbocycles. The van der Waals surface area contributed by atoms with Crippen molar-refractivity contribution >= 4 is 27.3 Å². The molecule has 0 fully saturated rings. The van der Waals surface area contributed by atoms with Crippen LogP contribution >= 0.6 is 0 Å². The first-order chi connectivity index (χ1) is 9.79. The molecule has 21 heavy (non-hydrogen) atoms. The fraction of sp³-hybridized carbons (Fsp3) is 0.0714. The Morgan fingerprint density at radius 3 is 2.43 bits per heavy atom. The van der Waals surface area contributed by atoms with Gasteiger partial charge in [-0.2, -0.15) is 0 Å². The molecule has 0 heterocycles. The van der Waals surface area contributed by atoms with Crippen molar-refractivity contribution in [1.29, 1.82) is 0 Å². The van der Waals surface area contributed by atoms with Gasteiger partial charge in [-0.15, -0.1) is 0 Å². The molecule has 0 bridgehead atoms. The molecule has 0 radical (unpaired) electrons. The third kappa shape index (κ3) is 3.32. The van der Waals surface area contributed by atoms with E-state index in [1.165, 1.54) is 18.2 Å². The van der Waals surface area contributed by atoms with Gasteiger partial charge in [0.2, 0.25) is 5.91 Å². The largest absolute Gasteiger partial charge is 0.398 e. The van der Waals surface area contributed by atoms with Gasteiger partial charge in [-0.1, -0.05) is 12.1 Å². The standard InChI is InChI=1S/C14H15N3O3S/c1-9-3-2-4-11(7-9)17-21(19,20)13-6-5-10(14(16)18)8-12(13)15/h2-8,17H,15H2,1H3,(H2,16,18). The van der Waals surface area contributed by atoms with Gasteiger partial charge < -0.3 is 11.5 Å². The second-order valence-corrected chi connectivity index (χ2v) is 6.24. The summed E-state index contributed by atoms with van der Waals surface area (Å²) in [6.07, 6.45) is 0. The maximum Gasteiger partial charge on any atom is 0.263 e. The van der Waals surface area contributed by atoms with Crippen molar-refractivity contribution in [3.05, 3.63) is 53.6 Å². The summed E-state index contributed by atoms with van der Waals surface area (Å²) >= 11 is 0. The van der Waals surface area contributed by atoms with Crippen LogP contribution in [0.2, 0.25) is 0 Å². The number of nitrogens with one attached hydrogen (secondary N) is 1. The van der Waals surface area contributed by atoms with Gasteiger partial charge in [0.15, 0.2) is 0 Å². The average Bonchev–Trinajstić information content (AvgIpc) is 2.37. The van der Waals surface area contributed by atoms with Crippen molar-refractivity contribution in [2.75, 3.05) is 10.5 Å². The summed E-state index contributed by atoms with van der Waals surface area (Å²) in [6, 6.07) is 10.8. The first-order valence-electron chi connectivity index (χ1n) is 6.08. The molecule has 6 nitrogen and oxygen atoms in total. The van der Waals surface area contributed by atoms with Crippen LogP contribution in [-0.4, -0.2) is 14.3 Å². The lowest BCUT2D eigenvalue weighted by Crippen LogP contribution is -2.16. The lowest BCUT2D eigenvalue weighted by atomic mass is 10.2. The van der Waals surface area contributed by atoms with Crippen LogP contribution in [0.4, 0.5) is 11.4 Å². The van der Waals surface area contributed by atoms with Crippen LogP contribution in [0, 0.1) is 6.92 Å². The van der Waals surface area contributed by atoms with Gasteiger partial charge in [0.25, 0.3) is 10.0 Å². The van der Waals surface area contributed by atoms with Gasteiger partial charge in [-0.3, -0.25) is 9.52 Å². The fourth-order valence-electron chi connectivity index (χ4n) is 1.87. The summed E-state index contributed by atoms with van der Waals surface area (Å²) in [6.45, 7) is 1.85. The normalized spacial score (nSPS) is 11.1. The number of nitrogen functional groups attached to an aromatic ring is 1. The van der Waals surface area contributed by atoms with E-state index in [2.05, 4.69) is 4.72 Å². The fourth-order valence-corrected chi connectivity index (χ4v) is 3.03. The molecule has 7 heteroatoms. The predicted molar refractivity (Wildman–Crippen MR) is 81.4 cm³/mol. The molecule has 2 aromatic rings. The number of amides is 1. The lowest BCUT2D eigenvalue weighted by molar-refractivity contribution is 0.1000. The summed E-state index contributed by atoms with van der Waals surface area (Å²) in [5.74, 6) is -0.669. The number of hydrogen-bond donors (Lipinski definition) is 3. The topological polar surface area (TPSA) is 115 Å². The van der Waals surface area contributed by atoms with Crippen LogP contribution < -0.4 is 16.2 Å². The number of rotatable bonds is 4. The second-order valence-electron chi connectivity index (χ2n) is 4.59. The number of carbonyl (C=O) groups is 1. The van der Waals surface area contributed by atoms with Gasteiger partial charge in [0.1, 0.15) is 4.90 Å². The van der Waals surface area contributed by atoms with Crippen molar-refractivity contribution in [2.45, 2.75) is 11.8 Å². The molecule has 0 aliphatic carbocycles. The lowest BCUT2D eigenvalue weighted by Gasteiger charge is -2.11. The molecule has 1 amide bonds. The molecule has 5 N–H and O–H groups in total. The van der Waals surface area contributed by atoms with E-state index in [9.17, 15) is 13.2 Å². The molecule has 0 saturated carbocycles. The van der Waals surface area contributed by atoms with Crippen LogP contribution in [0.25, 0.3) is 0 Å². The third-order valence-electron chi connectivity index (χ3n) is 2.85. The minimum atomic E-state index is -3.83. The minimum absolute atomic E-state index is 0.0357. The highest BCUT2D eigenvalue weighted by molar-refractivity contribution is 7.92. The molecule has 0 aliphatic rings. The zero-order valence-electron chi connectivity index (χ0n) is 11.3. The summed E-state index contributed by atoms with van der Waals surface area (Å²) in [4.78, 5) is 10.9. The van der Waals surface area contributed by atoms with Crippen molar-refractivity contribution < 1.29 is 13.2 Å². The van der Waals surface area contributed by atoms with E-state index >= 15 is 0 Å². The van der Waals surface area contributed by atoms with Gasteiger partial charge in [-0.25, -0.2) is 8.42 Å². The summed E-state index contributed by atoms with van der Waals surface area (Å²) < 4.78 is 27.1. The predicted octanol–water partition coefficient (Wildman–Crippen LogP) is 1.48. The van der Waals surface area contributed by atoms with Crippen LogP contribution in [-0.2, 0) is 10.0 Å². The zero-order chi connectivity index (χ0) is 15.6. The van der Waals surface area contributed by atoms with Crippen LogP contribution in [0.15, 0.2) is 47.4 Å². The van der Waals surface area contributed by atoms with Crippen LogP contribution in [0.5, 0.6) is 0 Å². The van der Waals surface area contributed by atoms with E-state index in [1.54, 1.807) is 18.2 Å². The Labute approximate surface area is 122 Å². The van der Waals surface area contributed by atoms with E-state index < -0.39 is 15.9 Å². The minimum Gasteiger partial charge on any atom is -0.398 e. The maximum absolute atomic E-state index is 12.3. The number of hydrogen-bond acceptors (Lipinski definition) is 4. The number of anilines is 2.